The van der Waals surface area contributed by atoms with E-state index < -0.39 is 0 Å². The third kappa shape index (κ3) is 3.56. The molecule has 2 aromatic rings. The summed E-state index contributed by atoms with van der Waals surface area (Å²) in [5.74, 6) is 0. The van der Waals surface area contributed by atoms with E-state index in [4.69, 9.17) is 0 Å². The third-order valence-corrected chi connectivity index (χ3v) is 3.20. The lowest BCUT2D eigenvalue weighted by Gasteiger charge is -2.14. The number of nitrogens with one attached hydrogen (secondary N) is 2. The molecule has 4 nitrogen and oxygen atoms in total. The lowest BCUT2D eigenvalue weighted by Crippen LogP contribution is -2.36. The predicted molar refractivity (Wildman–Crippen MR) is 72.3 cm³/mol. The molecule has 1 atom stereocenters. The van der Waals surface area contributed by atoms with Crippen molar-refractivity contribution in [2.75, 3.05) is 0 Å². The van der Waals surface area contributed by atoms with Gasteiger partial charge in [-0.15, -0.1) is 11.3 Å². The third-order valence-electron chi connectivity index (χ3n) is 2.56. The normalized spacial score (nSPS) is 11.8. The number of carbonyl (C=O) groups is 1. The maximum Gasteiger partial charge on any atom is 0.315 e. The minimum absolute atomic E-state index is 0.0124. The number of hydrogen-bond acceptors (Lipinski definition) is 3. The Balaban J connectivity index is 1.80. The molecule has 1 unspecified atom stereocenters. The highest BCUT2D eigenvalue weighted by Crippen LogP contribution is 2.10. The number of carbonyl (C=O) groups excluding carboxylic acids is 1. The fourth-order valence-electron chi connectivity index (χ4n) is 1.57. The molecule has 0 bridgehead atoms. The van der Waals surface area contributed by atoms with Crippen molar-refractivity contribution in [3.05, 3.63) is 52.5 Å². The van der Waals surface area contributed by atoms with Crippen molar-refractivity contribution < 1.29 is 4.79 Å². The highest BCUT2D eigenvalue weighted by Gasteiger charge is 2.08. The lowest BCUT2D eigenvalue weighted by molar-refractivity contribution is 0.237. The molecular weight excluding hydrogens is 246 g/mol. The van der Waals surface area contributed by atoms with Gasteiger partial charge < -0.3 is 10.6 Å². The smallest absolute Gasteiger partial charge is 0.315 e. The van der Waals surface area contributed by atoms with Gasteiger partial charge in [-0.2, -0.15) is 0 Å². The molecule has 2 N–H and O–H groups in total. The van der Waals surface area contributed by atoms with Gasteiger partial charge in [-0.3, -0.25) is 0 Å². The molecule has 1 heterocycles. The molecule has 1 aromatic carbocycles. The second-order valence-electron chi connectivity index (χ2n) is 3.94. The number of urea groups is 1. The second-order valence-corrected chi connectivity index (χ2v) is 4.66. The van der Waals surface area contributed by atoms with Crippen LogP contribution in [0, 0.1) is 0 Å². The molecule has 2 amide bonds. The van der Waals surface area contributed by atoms with Crippen LogP contribution in [0.4, 0.5) is 4.79 Å². The zero-order chi connectivity index (χ0) is 12.8. The zero-order valence-corrected chi connectivity index (χ0v) is 10.9. The summed E-state index contributed by atoms with van der Waals surface area (Å²) in [6, 6.07) is 9.66. The van der Waals surface area contributed by atoms with Crippen molar-refractivity contribution in [3.8, 4) is 0 Å². The van der Waals surface area contributed by atoms with Crippen molar-refractivity contribution in [2.24, 2.45) is 0 Å². The van der Waals surface area contributed by atoms with Crippen molar-refractivity contribution in [1.82, 2.24) is 15.6 Å². The van der Waals surface area contributed by atoms with Crippen molar-refractivity contribution in [3.63, 3.8) is 0 Å². The molecule has 0 fully saturated rings. The fraction of sp³-hybridized carbons (Fsp3) is 0.231. The van der Waals surface area contributed by atoms with Crippen LogP contribution in [0.25, 0.3) is 0 Å². The monoisotopic (exact) mass is 261 g/mol. The van der Waals surface area contributed by atoms with Crippen LogP contribution in [0.5, 0.6) is 0 Å². The Hall–Kier alpha value is -1.88. The summed E-state index contributed by atoms with van der Waals surface area (Å²) in [5, 5.41) is 7.58. The Morgan fingerprint density at radius 3 is 2.83 bits per heavy atom. The summed E-state index contributed by atoms with van der Waals surface area (Å²) in [6.45, 7) is 2.41. The van der Waals surface area contributed by atoms with Gasteiger partial charge in [-0.25, -0.2) is 9.78 Å². The standard InChI is InChI=1S/C13H15N3OS/c1-10(11-5-3-2-4-6-11)16-13(17)14-7-12-8-18-9-15-12/h2-6,8-10H,7H2,1H3,(H2,14,16,17). The van der Waals surface area contributed by atoms with E-state index in [1.54, 1.807) is 5.51 Å². The van der Waals surface area contributed by atoms with E-state index in [2.05, 4.69) is 15.6 Å². The Kier molecular flexibility index (Phi) is 4.30. The van der Waals surface area contributed by atoms with Gasteiger partial charge >= 0.3 is 6.03 Å². The minimum atomic E-state index is -0.181. The molecule has 0 radical (unpaired) electrons. The van der Waals surface area contributed by atoms with Gasteiger partial charge in [0.25, 0.3) is 0 Å². The molecule has 18 heavy (non-hydrogen) atoms. The van der Waals surface area contributed by atoms with Gasteiger partial charge in [-0.1, -0.05) is 30.3 Å². The number of amides is 2. The molecule has 0 aliphatic carbocycles. The molecule has 2 rings (SSSR count). The molecular formula is C13H15N3OS. The highest BCUT2D eigenvalue weighted by atomic mass is 32.1. The Morgan fingerprint density at radius 1 is 1.39 bits per heavy atom. The van der Waals surface area contributed by atoms with Gasteiger partial charge in [-0.05, 0) is 12.5 Å². The molecule has 0 aliphatic rings. The maximum atomic E-state index is 11.7. The summed E-state index contributed by atoms with van der Waals surface area (Å²) < 4.78 is 0. The highest BCUT2D eigenvalue weighted by molar-refractivity contribution is 7.07. The average molecular weight is 261 g/mol. The first-order valence-electron chi connectivity index (χ1n) is 5.72. The first kappa shape index (κ1) is 12.6. The van der Waals surface area contributed by atoms with Crippen LogP contribution < -0.4 is 10.6 Å². The van der Waals surface area contributed by atoms with Crippen LogP contribution in [-0.2, 0) is 6.54 Å². The van der Waals surface area contributed by atoms with Gasteiger partial charge in [0.1, 0.15) is 0 Å². The van der Waals surface area contributed by atoms with Crippen LogP contribution in [-0.4, -0.2) is 11.0 Å². The van der Waals surface area contributed by atoms with E-state index in [1.807, 2.05) is 42.6 Å². The lowest BCUT2D eigenvalue weighted by atomic mass is 10.1. The van der Waals surface area contributed by atoms with E-state index in [9.17, 15) is 4.79 Å². The number of thiazole rings is 1. The van der Waals surface area contributed by atoms with Crippen molar-refractivity contribution in [2.45, 2.75) is 19.5 Å². The molecule has 0 aliphatic heterocycles. The van der Waals surface area contributed by atoms with E-state index in [-0.39, 0.29) is 12.1 Å². The SMILES string of the molecule is CC(NC(=O)NCc1cscn1)c1ccccc1. The van der Waals surface area contributed by atoms with Gasteiger partial charge in [0, 0.05) is 5.38 Å². The van der Waals surface area contributed by atoms with E-state index in [1.165, 1.54) is 11.3 Å². The van der Waals surface area contributed by atoms with E-state index in [0.29, 0.717) is 6.54 Å². The second kappa shape index (κ2) is 6.16. The summed E-state index contributed by atoms with van der Waals surface area (Å²) in [5.41, 5.74) is 3.71. The first-order valence-corrected chi connectivity index (χ1v) is 6.66. The van der Waals surface area contributed by atoms with Crippen LogP contribution in [0.1, 0.15) is 24.2 Å². The number of benzene rings is 1. The van der Waals surface area contributed by atoms with Gasteiger partial charge in [0.2, 0.25) is 0 Å². The van der Waals surface area contributed by atoms with Crippen molar-refractivity contribution in [1.29, 1.82) is 0 Å². The first-order chi connectivity index (χ1) is 8.75. The summed E-state index contributed by atoms with van der Waals surface area (Å²) in [7, 11) is 0. The number of hydrogen-bond donors (Lipinski definition) is 2. The minimum Gasteiger partial charge on any atom is -0.332 e. The summed E-state index contributed by atoms with van der Waals surface area (Å²) in [4.78, 5) is 15.8. The molecule has 0 saturated carbocycles. The average Bonchev–Trinajstić information content (AvgIpc) is 2.90. The summed E-state index contributed by atoms with van der Waals surface area (Å²) in [6.07, 6.45) is 0. The quantitative estimate of drug-likeness (QED) is 0.889. The Labute approximate surface area is 110 Å². The molecule has 0 spiro atoms. The van der Waals surface area contributed by atoms with Crippen LogP contribution in [0.3, 0.4) is 0 Å². The molecule has 5 heteroatoms. The topological polar surface area (TPSA) is 54.0 Å². The fourth-order valence-corrected chi connectivity index (χ4v) is 2.13. The Bertz CT molecular complexity index is 484. The number of aromatic nitrogens is 1. The number of rotatable bonds is 4. The van der Waals surface area contributed by atoms with Crippen LogP contribution >= 0.6 is 11.3 Å². The van der Waals surface area contributed by atoms with Gasteiger partial charge in [0.15, 0.2) is 0 Å². The van der Waals surface area contributed by atoms with Crippen molar-refractivity contribution >= 4 is 17.4 Å². The van der Waals surface area contributed by atoms with Gasteiger partial charge in [0.05, 0.1) is 23.8 Å². The predicted octanol–water partition coefficient (Wildman–Crippen LogP) is 2.70. The molecule has 1 aromatic heterocycles. The molecule has 94 valence electrons. The maximum absolute atomic E-state index is 11.7. The van der Waals surface area contributed by atoms with Crippen LogP contribution in [0.15, 0.2) is 41.2 Å². The largest absolute Gasteiger partial charge is 0.332 e. The summed E-state index contributed by atoms with van der Waals surface area (Å²) >= 11 is 1.52. The van der Waals surface area contributed by atoms with Crippen LogP contribution in [0.2, 0.25) is 0 Å². The zero-order valence-electron chi connectivity index (χ0n) is 10.1. The van der Waals surface area contributed by atoms with E-state index >= 15 is 0 Å². The number of nitrogens with zero attached hydrogens (tertiary/aromatic N) is 1. The van der Waals surface area contributed by atoms with E-state index in [0.717, 1.165) is 11.3 Å². The molecule has 0 saturated heterocycles. The Morgan fingerprint density at radius 2 is 2.17 bits per heavy atom.